The van der Waals surface area contributed by atoms with Crippen LogP contribution in [0.2, 0.25) is 5.02 Å². The second kappa shape index (κ2) is 7.61. The third kappa shape index (κ3) is 3.67. The van der Waals surface area contributed by atoms with E-state index in [0.717, 1.165) is 4.68 Å². The molecule has 0 aliphatic carbocycles. The Labute approximate surface area is 159 Å². The van der Waals surface area contributed by atoms with Gasteiger partial charge in [0.25, 0.3) is 0 Å². The summed E-state index contributed by atoms with van der Waals surface area (Å²) >= 11 is 5.98. The first-order valence-electron chi connectivity index (χ1n) is 7.78. The number of benzene rings is 1. The second-order valence-electron chi connectivity index (χ2n) is 5.85. The Kier molecular flexibility index (Phi) is 5.98. The number of anilines is 1. The SMILES string of the molecule is CCC(C(=O)Nc1c(F)c(F)c(C(F)(F)F)c(F)c1F)n1nc(C)c(Cl)c1C. The number of alkyl halides is 3. The maximum atomic E-state index is 14.0. The lowest BCUT2D eigenvalue weighted by atomic mass is 10.1. The van der Waals surface area contributed by atoms with Crippen molar-refractivity contribution in [3.8, 4) is 0 Å². The van der Waals surface area contributed by atoms with Gasteiger partial charge in [-0.1, -0.05) is 18.5 Å². The van der Waals surface area contributed by atoms with E-state index >= 15 is 0 Å². The molecule has 1 aromatic heterocycles. The molecule has 0 aliphatic rings. The number of aryl methyl sites for hydroxylation is 1. The van der Waals surface area contributed by atoms with Crippen LogP contribution in [0.25, 0.3) is 0 Å². The van der Waals surface area contributed by atoms with Crippen molar-refractivity contribution >= 4 is 23.2 Å². The highest BCUT2D eigenvalue weighted by Crippen LogP contribution is 2.38. The van der Waals surface area contributed by atoms with E-state index in [9.17, 15) is 35.5 Å². The van der Waals surface area contributed by atoms with E-state index in [2.05, 4.69) is 5.10 Å². The summed E-state index contributed by atoms with van der Waals surface area (Å²) in [7, 11) is 0. The molecule has 1 aromatic carbocycles. The van der Waals surface area contributed by atoms with Crippen molar-refractivity contribution in [2.24, 2.45) is 0 Å². The monoisotopic (exact) mass is 431 g/mol. The zero-order chi connectivity index (χ0) is 21.5. The fraction of sp³-hybridized carbons (Fsp3) is 0.375. The first-order chi connectivity index (χ1) is 12.8. The lowest BCUT2D eigenvalue weighted by Gasteiger charge is -2.19. The van der Waals surface area contributed by atoms with Gasteiger partial charge in [-0.15, -0.1) is 0 Å². The van der Waals surface area contributed by atoms with E-state index < -0.39 is 52.6 Å². The Balaban J connectivity index is 2.50. The summed E-state index contributed by atoms with van der Waals surface area (Å²) in [6, 6.07) is -1.20. The average Bonchev–Trinajstić information content (AvgIpc) is 2.84. The number of rotatable bonds is 4. The molecule has 0 bridgehead atoms. The van der Waals surface area contributed by atoms with Gasteiger partial charge in [0.05, 0.1) is 16.4 Å². The Morgan fingerprint density at radius 2 is 1.61 bits per heavy atom. The van der Waals surface area contributed by atoms with Gasteiger partial charge in [0.2, 0.25) is 5.91 Å². The number of carbonyl (C=O) groups excluding carboxylic acids is 1. The molecule has 0 saturated heterocycles. The number of aromatic nitrogens is 2. The number of hydrogen-bond donors (Lipinski definition) is 1. The van der Waals surface area contributed by atoms with Gasteiger partial charge < -0.3 is 5.32 Å². The topological polar surface area (TPSA) is 46.9 Å². The van der Waals surface area contributed by atoms with Crippen LogP contribution in [-0.2, 0) is 11.0 Å². The minimum Gasteiger partial charge on any atom is -0.319 e. The van der Waals surface area contributed by atoms with E-state index in [1.807, 2.05) is 0 Å². The van der Waals surface area contributed by atoms with Crippen LogP contribution < -0.4 is 5.32 Å². The molecule has 1 atom stereocenters. The molecule has 0 radical (unpaired) electrons. The van der Waals surface area contributed by atoms with Gasteiger partial charge in [0.15, 0.2) is 23.3 Å². The molecule has 12 heteroatoms. The number of amides is 1. The molecule has 1 unspecified atom stereocenters. The van der Waals surface area contributed by atoms with Crippen LogP contribution in [0, 0.1) is 37.1 Å². The summed E-state index contributed by atoms with van der Waals surface area (Å²) in [6.45, 7) is 4.56. The van der Waals surface area contributed by atoms with Gasteiger partial charge in [0.1, 0.15) is 17.3 Å². The Hall–Kier alpha value is -2.30. The molecule has 2 rings (SSSR count). The third-order valence-electron chi connectivity index (χ3n) is 4.02. The Morgan fingerprint density at radius 1 is 1.11 bits per heavy atom. The van der Waals surface area contributed by atoms with Crippen LogP contribution in [0.3, 0.4) is 0 Å². The molecule has 4 nitrogen and oxygen atoms in total. The van der Waals surface area contributed by atoms with Gasteiger partial charge in [0, 0.05) is 0 Å². The fourth-order valence-corrected chi connectivity index (χ4v) is 2.74. The quantitative estimate of drug-likeness (QED) is 0.526. The largest absolute Gasteiger partial charge is 0.422 e. The lowest BCUT2D eigenvalue weighted by molar-refractivity contribution is -0.143. The highest BCUT2D eigenvalue weighted by Gasteiger charge is 2.42. The van der Waals surface area contributed by atoms with Crippen molar-refractivity contribution in [1.29, 1.82) is 0 Å². The summed E-state index contributed by atoms with van der Waals surface area (Å²) in [5.41, 5.74) is -3.70. The predicted molar refractivity (Wildman–Crippen MR) is 85.9 cm³/mol. The molecule has 1 N–H and O–H groups in total. The second-order valence-corrected chi connectivity index (χ2v) is 6.22. The van der Waals surface area contributed by atoms with Crippen molar-refractivity contribution in [2.75, 3.05) is 5.32 Å². The molecule has 28 heavy (non-hydrogen) atoms. The minimum atomic E-state index is -5.68. The van der Waals surface area contributed by atoms with E-state index in [1.165, 1.54) is 20.8 Å². The van der Waals surface area contributed by atoms with Crippen molar-refractivity contribution < 1.29 is 35.5 Å². The third-order valence-corrected chi connectivity index (χ3v) is 4.56. The Morgan fingerprint density at radius 3 is 1.96 bits per heavy atom. The summed E-state index contributed by atoms with van der Waals surface area (Å²) in [6.07, 6.45) is -5.65. The smallest absolute Gasteiger partial charge is 0.319 e. The van der Waals surface area contributed by atoms with Crippen LogP contribution >= 0.6 is 11.6 Å². The molecule has 1 amide bonds. The van der Waals surface area contributed by atoms with Gasteiger partial charge in [-0.05, 0) is 20.3 Å². The van der Waals surface area contributed by atoms with Gasteiger partial charge >= 0.3 is 6.18 Å². The Bertz CT molecular complexity index is 911. The number of carbonyl (C=O) groups is 1. The van der Waals surface area contributed by atoms with Crippen molar-refractivity contribution in [3.63, 3.8) is 0 Å². The highest BCUT2D eigenvalue weighted by molar-refractivity contribution is 6.31. The molecule has 0 saturated carbocycles. The maximum absolute atomic E-state index is 14.0. The first-order valence-corrected chi connectivity index (χ1v) is 8.15. The zero-order valence-electron chi connectivity index (χ0n) is 14.6. The van der Waals surface area contributed by atoms with Gasteiger partial charge in [-0.25, -0.2) is 17.6 Å². The van der Waals surface area contributed by atoms with Crippen LogP contribution in [0.5, 0.6) is 0 Å². The fourth-order valence-electron chi connectivity index (χ4n) is 2.61. The van der Waals surface area contributed by atoms with E-state index in [0.29, 0.717) is 11.4 Å². The highest BCUT2D eigenvalue weighted by atomic mass is 35.5. The first kappa shape index (κ1) is 22.0. The molecule has 0 spiro atoms. The van der Waals surface area contributed by atoms with Crippen molar-refractivity contribution in [3.05, 3.63) is 45.2 Å². The molecule has 2 aromatic rings. The van der Waals surface area contributed by atoms with Crippen LogP contribution in [-0.4, -0.2) is 15.7 Å². The van der Waals surface area contributed by atoms with Crippen molar-refractivity contribution in [2.45, 2.75) is 39.4 Å². The molecule has 1 heterocycles. The molecule has 0 fully saturated rings. The maximum Gasteiger partial charge on any atom is 0.422 e. The lowest BCUT2D eigenvalue weighted by Crippen LogP contribution is -2.29. The number of halogens is 8. The van der Waals surface area contributed by atoms with Gasteiger partial charge in [-0.3, -0.25) is 9.48 Å². The van der Waals surface area contributed by atoms with E-state index in [4.69, 9.17) is 11.6 Å². The predicted octanol–water partition coefficient (Wildman–Crippen LogP) is 5.32. The normalized spacial score (nSPS) is 13.0. The van der Waals surface area contributed by atoms with Crippen LogP contribution in [0.15, 0.2) is 0 Å². The molecular formula is C16H13ClF7N3O. The van der Waals surface area contributed by atoms with Crippen LogP contribution in [0.4, 0.5) is 36.4 Å². The number of nitrogens with one attached hydrogen (secondary N) is 1. The standard InChI is InChI=1S/C16H13ClF7N3O/c1-4-7(27-6(3)9(17)5(2)26-27)15(28)25-14-12(20)10(18)8(16(22,23)24)11(19)13(14)21/h7H,4H2,1-3H3,(H,25,28). The van der Waals surface area contributed by atoms with Crippen molar-refractivity contribution in [1.82, 2.24) is 9.78 Å². The van der Waals surface area contributed by atoms with Gasteiger partial charge in [-0.2, -0.15) is 18.3 Å². The average molecular weight is 432 g/mol. The number of nitrogens with zero attached hydrogens (tertiary/aromatic N) is 2. The summed E-state index contributed by atoms with van der Waals surface area (Å²) < 4.78 is 94.3. The van der Waals surface area contributed by atoms with Crippen LogP contribution in [0.1, 0.15) is 36.3 Å². The van der Waals surface area contributed by atoms with E-state index in [-0.39, 0.29) is 11.4 Å². The molecular weight excluding hydrogens is 419 g/mol. The van der Waals surface area contributed by atoms with E-state index in [1.54, 1.807) is 5.32 Å². The molecule has 0 aliphatic heterocycles. The number of hydrogen-bond acceptors (Lipinski definition) is 2. The zero-order valence-corrected chi connectivity index (χ0v) is 15.4. The summed E-state index contributed by atoms with van der Waals surface area (Å²) in [4.78, 5) is 12.4. The summed E-state index contributed by atoms with van der Waals surface area (Å²) in [5.74, 6) is -11.2. The summed E-state index contributed by atoms with van der Waals surface area (Å²) in [5, 5.41) is 5.85. The molecule has 154 valence electrons. The minimum absolute atomic E-state index is 0.0267.